The highest BCUT2D eigenvalue weighted by molar-refractivity contribution is 5.88. The lowest BCUT2D eigenvalue weighted by molar-refractivity contribution is -0.137. The van der Waals surface area contributed by atoms with E-state index in [0.717, 1.165) is 37.1 Å². The molecule has 0 atom stereocenters. The third-order valence-corrected chi connectivity index (χ3v) is 4.87. The van der Waals surface area contributed by atoms with Crippen LogP contribution in [0, 0.1) is 5.82 Å². The fraction of sp³-hybridized carbons (Fsp3) is 0.350. The molecule has 1 amide bonds. The van der Waals surface area contributed by atoms with Crippen molar-refractivity contribution < 1.29 is 9.18 Å². The lowest BCUT2D eigenvalue weighted by Gasteiger charge is -2.39. The normalized spacial score (nSPS) is 16.6. The van der Waals surface area contributed by atoms with Gasteiger partial charge in [0, 0.05) is 13.6 Å². The molecule has 1 saturated heterocycles. The Morgan fingerprint density at radius 1 is 1.08 bits per heavy atom. The van der Waals surface area contributed by atoms with Crippen molar-refractivity contribution in [2.24, 2.45) is 0 Å². The van der Waals surface area contributed by atoms with Gasteiger partial charge in [-0.05, 0) is 49.2 Å². The van der Waals surface area contributed by atoms with Gasteiger partial charge in [0.25, 0.3) is 0 Å². The van der Waals surface area contributed by atoms with Gasteiger partial charge in [-0.2, -0.15) is 0 Å². The lowest BCUT2D eigenvalue weighted by atomic mass is 9.72. The quantitative estimate of drug-likeness (QED) is 0.936. The molecule has 2 aromatic rings. The number of carbonyl (C=O) groups is 1. The van der Waals surface area contributed by atoms with E-state index in [1.54, 1.807) is 17.0 Å². The van der Waals surface area contributed by atoms with E-state index in [9.17, 15) is 9.18 Å². The SMILES string of the molecule is CN(Cc1ccc(F)cc1)C(=O)C1(c2ccccc2)CCNCC1. The van der Waals surface area contributed by atoms with Crippen LogP contribution in [-0.2, 0) is 16.8 Å². The van der Waals surface area contributed by atoms with Crippen molar-refractivity contribution in [1.29, 1.82) is 0 Å². The molecule has 0 aliphatic carbocycles. The molecule has 3 rings (SSSR count). The van der Waals surface area contributed by atoms with E-state index in [1.807, 2.05) is 25.2 Å². The monoisotopic (exact) mass is 326 g/mol. The summed E-state index contributed by atoms with van der Waals surface area (Å²) in [5, 5.41) is 3.35. The standard InChI is InChI=1S/C20H23FN2O/c1-23(15-16-7-9-18(21)10-8-16)19(24)20(11-13-22-14-12-20)17-5-3-2-4-6-17/h2-10,22H,11-15H2,1H3. The van der Waals surface area contributed by atoms with Crippen molar-refractivity contribution in [2.45, 2.75) is 24.8 Å². The van der Waals surface area contributed by atoms with E-state index in [1.165, 1.54) is 12.1 Å². The number of nitrogens with zero attached hydrogens (tertiary/aromatic N) is 1. The number of halogens is 1. The summed E-state index contributed by atoms with van der Waals surface area (Å²) in [6.07, 6.45) is 1.59. The third-order valence-electron chi connectivity index (χ3n) is 4.87. The van der Waals surface area contributed by atoms with Crippen molar-refractivity contribution >= 4 is 5.91 Å². The largest absolute Gasteiger partial charge is 0.341 e. The molecule has 0 unspecified atom stereocenters. The Labute approximate surface area is 142 Å². The number of rotatable bonds is 4. The summed E-state index contributed by atoms with van der Waals surface area (Å²) in [4.78, 5) is 15.1. The van der Waals surface area contributed by atoms with Crippen LogP contribution in [0.15, 0.2) is 54.6 Å². The van der Waals surface area contributed by atoms with Crippen LogP contribution in [0.25, 0.3) is 0 Å². The molecular weight excluding hydrogens is 303 g/mol. The number of hydrogen-bond donors (Lipinski definition) is 1. The Hall–Kier alpha value is -2.20. The number of likely N-dealkylation sites (N-methyl/N-ethyl adjacent to an activating group) is 1. The third kappa shape index (κ3) is 3.34. The molecule has 3 nitrogen and oxygen atoms in total. The molecule has 126 valence electrons. The minimum absolute atomic E-state index is 0.138. The van der Waals surface area contributed by atoms with Crippen molar-refractivity contribution in [1.82, 2.24) is 10.2 Å². The van der Waals surface area contributed by atoms with Crippen LogP contribution >= 0.6 is 0 Å². The fourth-order valence-electron chi connectivity index (χ4n) is 3.54. The summed E-state index contributed by atoms with van der Waals surface area (Å²) in [6, 6.07) is 16.4. The van der Waals surface area contributed by atoms with Gasteiger partial charge >= 0.3 is 0 Å². The first-order valence-electron chi connectivity index (χ1n) is 8.38. The Kier molecular flexibility index (Phi) is 4.95. The minimum atomic E-state index is -0.471. The number of piperidine rings is 1. The second-order valence-electron chi connectivity index (χ2n) is 6.49. The molecule has 1 fully saturated rings. The molecule has 1 aliphatic heterocycles. The average molecular weight is 326 g/mol. The highest BCUT2D eigenvalue weighted by Gasteiger charge is 2.42. The lowest BCUT2D eigenvalue weighted by Crippen LogP contribution is -2.51. The number of nitrogens with one attached hydrogen (secondary N) is 1. The Morgan fingerprint density at radius 3 is 2.33 bits per heavy atom. The second-order valence-corrected chi connectivity index (χ2v) is 6.49. The fourth-order valence-corrected chi connectivity index (χ4v) is 3.54. The zero-order valence-corrected chi connectivity index (χ0v) is 14.0. The van der Waals surface area contributed by atoms with Gasteiger partial charge in [-0.1, -0.05) is 42.5 Å². The second kappa shape index (κ2) is 7.14. The van der Waals surface area contributed by atoms with Gasteiger partial charge in [-0.25, -0.2) is 4.39 Å². The molecule has 1 heterocycles. The highest BCUT2D eigenvalue weighted by Crippen LogP contribution is 2.35. The van der Waals surface area contributed by atoms with Gasteiger partial charge in [0.15, 0.2) is 0 Å². The molecule has 0 spiro atoms. The summed E-state index contributed by atoms with van der Waals surface area (Å²) < 4.78 is 13.1. The van der Waals surface area contributed by atoms with Gasteiger partial charge in [0.05, 0.1) is 5.41 Å². The summed E-state index contributed by atoms with van der Waals surface area (Å²) in [7, 11) is 1.83. The highest BCUT2D eigenvalue weighted by atomic mass is 19.1. The molecule has 0 bridgehead atoms. The van der Waals surface area contributed by atoms with Crippen molar-refractivity contribution in [2.75, 3.05) is 20.1 Å². The van der Waals surface area contributed by atoms with Crippen LogP contribution < -0.4 is 5.32 Å². The van der Waals surface area contributed by atoms with Crippen molar-refractivity contribution in [3.63, 3.8) is 0 Å². The molecule has 1 aliphatic rings. The zero-order valence-electron chi connectivity index (χ0n) is 14.0. The molecule has 0 aromatic heterocycles. The van der Waals surface area contributed by atoms with E-state index in [0.29, 0.717) is 6.54 Å². The van der Waals surface area contributed by atoms with Gasteiger partial charge in [-0.15, -0.1) is 0 Å². The van der Waals surface area contributed by atoms with Crippen molar-refractivity contribution in [3.05, 3.63) is 71.5 Å². The van der Waals surface area contributed by atoms with E-state index in [4.69, 9.17) is 0 Å². The van der Waals surface area contributed by atoms with Gasteiger partial charge in [-0.3, -0.25) is 4.79 Å². The topological polar surface area (TPSA) is 32.3 Å². The van der Waals surface area contributed by atoms with Crippen LogP contribution in [0.3, 0.4) is 0 Å². The maximum atomic E-state index is 13.3. The van der Waals surface area contributed by atoms with Crippen molar-refractivity contribution in [3.8, 4) is 0 Å². The minimum Gasteiger partial charge on any atom is -0.341 e. The summed E-state index contributed by atoms with van der Waals surface area (Å²) in [5.41, 5.74) is 1.55. The summed E-state index contributed by atoms with van der Waals surface area (Å²) in [5.74, 6) is -0.119. The molecule has 0 radical (unpaired) electrons. The molecule has 2 aromatic carbocycles. The first kappa shape index (κ1) is 16.7. The number of hydrogen-bond acceptors (Lipinski definition) is 2. The van der Waals surface area contributed by atoms with Gasteiger partial charge in [0.1, 0.15) is 5.82 Å². The van der Waals surface area contributed by atoms with Crippen LogP contribution in [0.4, 0.5) is 4.39 Å². The Balaban J connectivity index is 1.84. The van der Waals surface area contributed by atoms with Crippen LogP contribution in [0.1, 0.15) is 24.0 Å². The number of carbonyl (C=O) groups excluding carboxylic acids is 1. The van der Waals surface area contributed by atoms with E-state index in [2.05, 4.69) is 17.4 Å². The van der Waals surface area contributed by atoms with E-state index >= 15 is 0 Å². The predicted molar refractivity (Wildman–Crippen MR) is 93.1 cm³/mol. The van der Waals surface area contributed by atoms with E-state index in [-0.39, 0.29) is 11.7 Å². The average Bonchev–Trinajstić information content (AvgIpc) is 2.64. The zero-order chi connectivity index (χ0) is 17.0. The predicted octanol–water partition coefficient (Wildman–Crippen LogP) is 3.11. The van der Waals surface area contributed by atoms with Gasteiger partial charge in [0.2, 0.25) is 5.91 Å². The maximum absolute atomic E-state index is 13.3. The molecular formula is C20H23FN2O. The summed E-state index contributed by atoms with van der Waals surface area (Å²) >= 11 is 0. The molecule has 0 saturated carbocycles. The molecule has 1 N–H and O–H groups in total. The molecule has 24 heavy (non-hydrogen) atoms. The first-order valence-corrected chi connectivity index (χ1v) is 8.38. The summed E-state index contributed by atoms with van der Waals surface area (Å²) in [6.45, 7) is 2.16. The van der Waals surface area contributed by atoms with Crippen LogP contribution in [0.5, 0.6) is 0 Å². The Morgan fingerprint density at radius 2 is 1.71 bits per heavy atom. The smallest absolute Gasteiger partial charge is 0.233 e. The Bertz CT molecular complexity index is 679. The number of benzene rings is 2. The maximum Gasteiger partial charge on any atom is 0.233 e. The number of amides is 1. The van der Waals surface area contributed by atoms with E-state index < -0.39 is 5.41 Å². The first-order chi connectivity index (χ1) is 11.6. The molecule has 4 heteroatoms. The van der Waals surface area contributed by atoms with Gasteiger partial charge < -0.3 is 10.2 Å². The van der Waals surface area contributed by atoms with Crippen LogP contribution in [-0.4, -0.2) is 30.9 Å². The van der Waals surface area contributed by atoms with Crippen LogP contribution in [0.2, 0.25) is 0 Å².